The van der Waals surface area contributed by atoms with Gasteiger partial charge in [-0.05, 0) is 60.7 Å². The van der Waals surface area contributed by atoms with E-state index in [4.69, 9.17) is 11.6 Å². The molecule has 1 heterocycles. The fourth-order valence-corrected chi connectivity index (χ4v) is 3.21. The molecule has 26 heavy (non-hydrogen) atoms. The van der Waals surface area contributed by atoms with Crippen LogP contribution in [0.5, 0.6) is 0 Å². The first-order valence-electron chi connectivity index (χ1n) is 8.67. The van der Waals surface area contributed by atoms with Crippen LogP contribution in [0.3, 0.4) is 0 Å². The molecule has 0 unspecified atom stereocenters. The Labute approximate surface area is 157 Å². The lowest BCUT2D eigenvalue weighted by Gasteiger charge is -2.34. The van der Waals surface area contributed by atoms with Crippen LogP contribution in [-0.4, -0.2) is 28.9 Å². The van der Waals surface area contributed by atoms with Gasteiger partial charge in [0.2, 0.25) is 0 Å². The molecule has 0 amide bonds. The van der Waals surface area contributed by atoms with Crippen LogP contribution in [0.4, 0.5) is 4.39 Å². The second-order valence-corrected chi connectivity index (χ2v) is 7.00. The van der Waals surface area contributed by atoms with Crippen molar-refractivity contribution in [3.05, 3.63) is 82.8 Å². The normalized spacial score (nSPS) is 19.6. The highest BCUT2D eigenvalue weighted by Gasteiger charge is 2.29. The van der Waals surface area contributed by atoms with Crippen molar-refractivity contribution in [2.45, 2.75) is 24.9 Å². The third-order valence-electron chi connectivity index (χ3n) is 4.70. The molecular weight excluding hydrogens is 353 g/mol. The standard InChI is InChI=1S/C21H21ClFNO2/c22-18-7-5-17(6-8-18)21(26)11-14-24(15-12-21)13-1-2-20(25)16-3-9-19(23)10-4-16/h3-11,14,26H,1-2,12-13,15H2/t21-/m0/s1. The van der Waals surface area contributed by atoms with Gasteiger partial charge < -0.3 is 10.0 Å². The minimum atomic E-state index is -0.981. The van der Waals surface area contributed by atoms with Gasteiger partial charge in [0.25, 0.3) is 0 Å². The average Bonchev–Trinajstić information content (AvgIpc) is 2.64. The van der Waals surface area contributed by atoms with Crippen LogP contribution < -0.4 is 0 Å². The first kappa shape index (κ1) is 18.6. The van der Waals surface area contributed by atoms with Gasteiger partial charge in [0.1, 0.15) is 11.4 Å². The Morgan fingerprint density at radius 1 is 1.15 bits per heavy atom. The Hall–Kier alpha value is -2.17. The van der Waals surface area contributed by atoms with Crippen molar-refractivity contribution in [2.75, 3.05) is 13.1 Å². The zero-order chi connectivity index (χ0) is 18.6. The van der Waals surface area contributed by atoms with Gasteiger partial charge in [-0.25, -0.2) is 4.39 Å². The second-order valence-electron chi connectivity index (χ2n) is 6.57. The Bertz CT molecular complexity index is 789. The molecule has 1 atom stereocenters. The molecule has 0 spiro atoms. The van der Waals surface area contributed by atoms with E-state index in [-0.39, 0.29) is 11.6 Å². The Morgan fingerprint density at radius 2 is 1.85 bits per heavy atom. The molecule has 0 saturated heterocycles. The van der Waals surface area contributed by atoms with Gasteiger partial charge in [-0.1, -0.05) is 23.7 Å². The third-order valence-corrected chi connectivity index (χ3v) is 4.95. The summed E-state index contributed by atoms with van der Waals surface area (Å²) in [6.45, 7) is 1.44. The molecular formula is C21H21ClFNO2. The number of benzene rings is 2. The van der Waals surface area contributed by atoms with Gasteiger partial charge in [-0.3, -0.25) is 4.79 Å². The zero-order valence-electron chi connectivity index (χ0n) is 14.4. The van der Waals surface area contributed by atoms with E-state index in [0.717, 1.165) is 12.1 Å². The van der Waals surface area contributed by atoms with E-state index >= 15 is 0 Å². The number of nitrogens with zero attached hydrogens (tertiary/aromatic N) is 1. The van der Waals surface area contributed by atoms with E-state index in [0.29, 0.717) is 36.4 Å². The number of rotatable bonds is 6. The van der Waals surface area contributed by atoms with Crippen LogP contribution in [0.1, 0.15) is 35.2 Å². The summed E-state index contributed by atoms with van der Waals surface area (Å²) in [6, 6.07) is 12.9. The van der Waals surface area contributed by atoms with Crippen molar-refractivity contribution < 1.29 is 14.3 Å². The van der Waals surface area contributed by atoms with Crippen molar-refractivity contribution in [2.24, 2.45) is 0 Å². The largest absolute Gasteiger partial charge is 0.381 e. The Balaban J connectivity index is 1.51. The summed E-state index contributed by atoms with van der Waals surface area (Å²) in [7, 11) is 0. The summed E-state index contributed by atoms with van der Waals surface area (Å²) in [5.41, 5.74) is 0.382. The molecule has 0 fully saturated rings. The van der Waals surface area contributed by atoms with Crippen molar-refractivity contribution in [3.8, 4) is 0 Å². The lowest BCUT2D eigenvalue weighted by Crippen LogP contribution is -2.35. The topological polar surface area (TPSA) is 40.5 Å². The summed E-state index contributed by atoms with van der Waals surface area (Å²) >= 11 is 5.90. The van der Waals surface area contributed by atoms with Crippen molar-refractivity contribution >= 4 is 17.4 Å². The SMILES string of the molecule is O=C(CCCN1C=C[C@@](O)(c2ccc(Cl)cc2)CC1)c1ccc(F)cc1. The number of hydrogen-bond acceptors (Lipinski definition) is 3. The smallest absolute Gasteiger partial charge is 0.162 e. The first-order valence-corrected chi connectivity index (χ1v) is 9.05. The number of halogens is 2. The number of carbonyl (C=O) groups is 1. The fraction of sp³-hybridized carbons (Fsp3) is 0.286. The highest BCUT2D eigenvalue weighted by atomic mass is 35.5. The monoisotopic (exact) mass is 373 g/mol. The van der Waals surface area contributed by atoms with E-state index < -0.39 is 5.60 Å². The maximum atomic E-state index is 12.9. The Morgan fingerprint density at radius 3 is 2.46 bits per heavy atom. The number of ketones is 1. The summed E-state index contributed by atoms with van der Waals surface area (Å²) < 4.78 is 12.9. The number of aliphatic hydroxyl groups is 1. The molecule has 2 aromatic carbocycles. The molecule has 1 aliphatic heterocycles. The minimum absolute atomic E-state index is 0.0173. The molecule has 1 aliphatic rings. The Kier molecular flexibility index (Phi) is 5.74. The molecule has 2 aromatic rings. The lowest BCUT2D eigenvalue weighted by atomic mass is 9.88. The van der Waals surface area contributed by atoms with Gasteiger partial charge >= 0.3 is 0 Å². The van der Waals surface area contributed by atoms with Crippen LogP contribution in [0, 0.1) is 5.82 Å². The number of hydrogen-bond donors (Lipinski definition) is 1. The predicted octanol–water partition coefficient (Wildman–Crippen LogP) is 4.55. The van der Waals surface area contributed by atoms with E-state index in [1.807, 2.05) is 18.3 Å². The van der Waals surface area contributed by atoms with E-state index in [2.05, 4.69) is 4.90 Å². The van der Waals surface area contributed by atoms with Gasteiger partial charge in [0.05, 0.1) is 0 Å². The van der Waals surface area contributed by atoms with Crippen molar-refractivity contribution in [3.63, 3.8) is 0 Å². The summed E-state index contributed by atoms with van der Waals surface area (Å²) in [5, 5.41) is 11.4. The maximum absolute atomic E-state index is 12.9. The molecule has 0 aliphatic carbocycles. The van der Waals surface area contributed by atoms with Crippen LogP contribution >= 0.6 is 11.6 Å². The lowest BCUT2D eigenvalue weighted by molar-refractivity contribution is 0.0580. The summed E-state index contributed by atoms with van der Waals surface area (Å²) in [4.78, 5) is 14.2. The molecule has 5 heteroatoms. The molecule has 0 radical (unpaired) electrons. The van der Waals surface area contributed by atoms with Gasteiger partial charge in [0, 0.05) is 36.5 Å². The van der Waals surface area contributed by atoms with Crippen molar-refractivity contribution in [1.82, 2.24) is 4.90 Å². The van der Waals surface area contributed by atoms with Gasteiger partial charge in [0.15, 0.2) is 5.78 Å². The molecule has 0 bridgehead atoms. The summed E-state index contributed by atoms with van der Waals surface area (Å²) in [6.07, 6.45) is 5.39. The third kappa shape index (κ3) is 4.51. The first-order chi connectivity index (χ1) is 12.5. The van der Waals surface area contributed by atoms with Crippen LogP contribution in [0.15, 0.2) is 60.8 Å². The molecule has 3 rings (SSSR count). The molecule has 0 saturated carbocycles. The average molecular weight is 374 g/mol. The number of Topliss-reactive ketones (excluding diaryl/α,β-unsaturated/α-hetero) is 1. The van der Waals surface area contributed by atoms with Gasteiger partial charge in [-0.15, -0.1) is 0 Å². The molecule has 0 aromatic heterocycles. The van der Waals surface area contributed by atoms with Crippen LogP contribution in [-0.2, 0) is 5.60 Å². The van der Waals surface area contributed by atoms with E-state index in [1.165, 1.54) is 24.3 Å². The van der Waals surface area contributed by atoms with Crippen molar-refractivity contribution in [1.29, 1.82) is 0 Å². The number of carbonyl (C=O) groups excluding carboxylic acids is 1. The summed E-state index contributed by atoms with van der Waals surface area (Å²) in [5.74, 6) is -0.322. The molecule has 3 nitrogen and oxygen atoms in total. The van der Waals surface area contributed by atoms with E-state index in [9.17, 15) is 14.3 Å². The van der Waals surface area contributed by atoms with Gasteiger partial charge in [-0.2, -0.15) is 0 Å². The van der Waals surface area contributed by atoms with Crippen LogP contribution in [0.2, 0.25) is 5.02 Å². The highest BCUT2D eigenvalue weighted by molar-refractivity contribution is 6.30. The maximum Gasteiger partial charge on any atom is 0.162 e. The van der Waals surface area contributed by atoms with E-state index in [1.54, 1.807) is 18.2 Å². The second kappa shape index (κ2) is 8.02. The highest BCUT2D eigenvalue weighted by Crippen LogP contribution is 2.31. The molecule has 1 N–H and O–H groups in total. The fourth-order valence-electron chi connectivity index (χ4n) is 3.09. The minimum Gasteiger partial charge on any atom is -0.381 e. The van der Waals surface area contributed by atoms with Crippen LogP contribution in [0.25, 0.3) is 0 Å². The zero-order valence-corrected chi connectivity index (χ0v) is 15.1. The predicted molar refractivity (Wildman–Crippen MR) is 101 cm³/mol. The molecule has 136 valence electrons. The quantitative estimate of drug-likeness (QED) is 0.755.